The van der Waals surface area contributed by atoms with Crippen LogP contribution >= 0.6 is 35.0 Å². The van der Waals surface area contributed by atoms with E-state index in [1.807, 2.05) is 31.2 Å². The minimum Gasteiger partial charge on any atom is -0.345 e. The van der Waals surface area contributed by atoms with Crippen molar-refractivity contribution in [3.8, 4) is 0 Å². The Kier molecular flexibility index (Phi) is 6.42. The van der Waals surface area contributed by atoms with E-state index in [1.54, 1.807) is 25.1 Å². The predicted molar refractivity (Wildman–Crippen MR) is 107 cm³/mol. The predicted octanol–water partition coefficient (Wildman–Crippen LogP) is 5.47. The van der Waals surface area contributed by atoms with Gasteiger partial charge >= 0.3 is 0 Å². The lowest BCUT2D eigenvalue weighted by Gasteiger charge is -2.17. The molecule has 0 spiro atoms. The summed E-state index contributed by atoms with van der Waals surface area (Å²) in [6, 6.07) is 12.4. The summed E-state index contributed by atoms with van der Waals surface area (Å²) < 4.78 is 4.98. The summed E-state index contributed by atoms with van der Waals surface area (Å²) in [7, 11) is 0. The Morgan fingerprint density at radius 2 is 2.04 bits per heavy atom. The molecular weight excluding hydrogens is 405 g/mol. The SMILES string of the molecule is Cc1nc(CSc2ccccc2C(=O)N[C@H](C)c2ccc(Cl)cc2Cl)no1. The zero-order valence-corrected chi connectivity index (χ0v) is 17.0. The molecule has 2 aromatic carbocycles. The molecule has 27 heavy (non-hydrogen) atoms. The van der Waals surface area contributed by atoms with Gasteiger partial charge < -0.3 is 9.84 Å². The van der Waals surface area contributed by atoms with Crippen molar-refractivity contribution in [2.45, 2.75) is 30.5 Å². The Hall–Kier alpha value is -2.02. The maximum Gasteiger partial charge on any atom is 0.252 e. The van der Waals surface area contributed by atoms with Gasteiger partial charge in [-0.2, -0.15) is 4.98 Å². The van der Waals surface area contributed by atoms with Crippen molar-refractivity contribution in [3.63, 3.8) is 0 Å². The molecule has 0 bridgehead atoms. The molecule has 0 unspecified atom stereocenters. The maximum absolute atomic E-state index is 12.8. The van der Waals surface area contributed by atoms with E-state index in [-0.39, 0.29) is 11.9 Å². The van der Waals surface area contributed by atoms with Crippen molar-refractivity contribution in [3.05, 3.63) is 75.4 Å². The molecule has 1 N–H and O–H groups in total. The number of halogens is 2. The second kappa shape index (κ2) is 8.78. The third-order valence-electron chi connectivity index (χ3n) is 3.83. The summed E-state index contributed by atoms with van der Waals surface area (Å²) in [6.45, 7) is 3.62. The number of carbonyl (C=O) groups excluding carboxylic acids is 1. The molecule has 0 saturated heterocycles. The first-order valence-electron chi connectivity index (χ1n) is 8.21. The number of rotatable bonds is 6. The van der Waals surface area contributed by atoms with Crippen LogP contribution < -0.4 is 5.32 Å². The zero-order chi connectivity index (χ0) is 19.4. The second-order valence-electron chi connectivity index (χ2n) is 5.88. The third kappa shape index (κ3) is 5.03. The molecule has 3 rings (SSSR count). The highest BCUT2D eigenvalue weighted by atomic mass is 35.5. The number of carbonyl (C=O) groups is 1. The Balaban J connectivity index is 1.72. The molecule has 0 saturated carbocycles. The summed E-state index contributed by atoms with van der Waals surface area (Å²) in [5.74, 6) is 1.44. The summed E-state index contributed by atoms with van der Waals surface area (Å²) in [6.07, 6.45) is 0. The fraction of sp³-hybridized carbons (Fsp3) is 0.211. The van der Waals surface area contributed by atoms with Gasteiger partial charge in [0.25, 0.3) is 5.91 Å². The topological polar surface area (TPSA) is 68.0 Å². The molecule has 1 amide bonds. The third-order valence-corrected chi connectivity index (χ3v) is 5.47. The molecule has 0 fully saturated rings. The lowest BCUT2D eigenvalue weighted by Crippen LogP contribution is -2.27. The molecule has 1 aromatic heterocycles. The molecular formula is C19H17Cl2N3O2S. The number of hydrogen-bond donors (Lipinski definition) is 1. The number of thioether (sulfide) groups is 1. The van der Waals surface area contributed by atoms with E-state index < -0.39 is 0 Å². The van der Waals surface area contributed by atoms with Gasteiger partial charge in [-0.05, 0) is 36.8 Å². The van der Waals surface area contributed by atoms with E-state index in [1.165, 1.54) is 11.8 Å². The number of aryl methyl sites for hydroxylation is 1. The summed E-state index contributed by atoms with van der Waals surface area (Å²) in [4.78, 5) is 17.8. The van der Waals surface area contributed by atoms with Crippen LogP contribution in [0.25, 0.3) is 0 Å². The van der Waals surface area contributed by atoms with Crippen LogP contribution in [0.1, 0.15) is 40.6 Å². The fourth-order valence-corrected chi connectivity index (χ4v) is 3.99. The fourth-order valence-electron chi connectivity index (χ4n) is 2.53. The number of benzene rings is 2. The number of nitrogens with one attached hydrogen (secondary N) is 1. The van der Waals surface area contributed by atoms with Crippen LogP contribution in [0.5, 0.6) is 0 Å². The Morgan fingerprint density at radius 1 is 1.26 bits per heavy atom. The Labute approximate surface area is 171 Å². The number of amides is 1. The monoisotopic (exact) mass is 421 g/mol. The van der Waals surface area contributed by atoms with Crippen LogP contribution in [0.15, 0.2) is 51.9 Å². The van der Waals surface area contributed by atoms with Crippen LogP contribution in [-0.2, 0) is 5.75 Å². The van der Waals surface area contributed by atoms with Gasteiger partial charge in [0.05, 0.1) is 17.4 Å². The smallest absolute Gasteiger partial charge is 0.252 e. The Bertz CT molecular complexity index is 962. The van der Waals surface area contributed by atoms with Gasteiger partial charge in [-0.1, -0.05) is 46.6 Å². The molecule has 1 heterocycles. The molecule has 0 radical (unpaired) electrons. The van der Waals surface area contributed by atoms with E-state index in [0.29, 0.717) is 33.1 Å². The van der Waals surface area contributed by atoms with E-state index in [4.69, 9.17) is 27.7 Å². The second-order valence-corrected chi connectivity index (χ2v) is 7.74. The number of aromatic nitrogens is 2. The standard InChI is InChI=1S/C19H17Cl2N3O2S/c1-11(14-8-7-13(20)9-16(14)21)22-19(25)15-5-3-4-6-17(15)27-10-18-23-12(2)26-24-18/h3-9,11H,10H2,1-2H3,(H,22,25)/t11-/m1/s1. The minimum atomic E-state index is -0.264. The van der Waals surface area contributed by atoms with Gasteiger partial charge in [0.15, 0.2) is 5.82 Å². The quantitative estimate of drug-likeness (QED) is 0.534. The molecule has 3 aromatic rings. The van der Waals surface area contributed by atoms with Gasteiger partial charge in [0, 0.05) is 21.9 Å². The molecule has 0 aliphatic heterocycles. The van der Waals surface area contributed by atoms with E-state index in [0.717, 1.165) is 10.5 Å². The van der Waals surface area contributed by atoms with Gasteiger partial charge in [-0.25, -0.2) is 0 Å². The molecule has 1 atom stereocenters. The van der Waals surface area contributed by atoms with Gasteiger partial charge in [-0.3, -0.25) is 4.79 Å². The minimum absolute atomic E-state index is 0.180. The van der Waals surface area contributed by atoms with Gasteiger partial charge in [0.2, 0.25) is 5.89 Å². The van der Waals surface area contributed by atoms with Crippen LogP contribution in [0, 0.1) is 6.92 Å². The molecule has 8 heteroatoms. The number of hydrogen-bond acceptors (Lipinski definition) is 5. The van der Waals surface area contributed by atoms with Crippen LogP contribution in [-0.4, -0.2) is 16.0 Å². The molecule has 0 aliphatic rings. The Morgan fingerprint density at radius 3 is 2.74 bits per heavy atom. The van der Waals surface area contributed by atoms with Crippen molar-refractivity contribution in [1.29, 1.82) is 0 Å². The average Bonchev–Trinajstić information content (AvgIpc) is 3.05. The first-order valence-corrected chi connectivity index (χ1v) is 9.95. The van der Waals surface area contributed by atoms with Crippen molar-refractivity contribution < 1.29 is 9.32 Å². The summed E-state index contributed by atoms with van der Waals surface area (Å²) in [5, 5.41) is 7.94. The van der Waals surface area contributed by atoms with Crippen molar-refractivity contribution in [1.82, 2.24) is 15.5 Å². The van der Waals surface area contributed by atoms with Crippen molar-refractivity contribution in [2.75, 3.05) is 0 Å². The summed E-state index contributed by atoms with van der Waals surface area (Å²) >= 11 is 13.7. The zero-order valence-electron chi connectivity index (χ0n) is 14.7. The molecule has 140 valence electrons. The average molecular weight is 422 g/mol. The van der Waals surface area contributed by atoms with Crippen molar-refractivity contribution >= 4 is 40.9 Å². The lowest BCUT2D eigenvalue weighted by molar-refractivity contribution is 0.0937. The highest BCUT2D eigenvalue weighted by molar-refractivity contribution is 7.98. The molecule has 5 nitrogen and oxygen atoms in total. The maximum atomic E-state index is 12.8. The lowest BCUT2D eigenvalue weighted by atomic mass is 10.1. The van der Waals surface area contributed by atoms with Crippen molar-refractivity contribution in [2.24, 2.45) is 0 Å². The van der Waals surface area contributed by atoms with Gasteiger partial charge in [0.1, 0.15) is 0 Å². The van der Waals surface area contributed by atoms with E-state index >= 15 is 0 Å². The van der Waals surface area contributed by atoms with E-state index in [9.17, 15) is 4.79 Å². The normalized spacial score (nSPS) is 12.0. The van der Waals surface area contributed by atoms with Crippen LogP contribution in [0.4, 0.5) is 0 Å². The highest BCUT2D eigenvalue weighted by Gasteiger charge is 2.17. The van der Waals surface area contributed by atoms with E-state index in [2.05, 4.69) is 15.5 Å². The van der Waals surface area contributed by atoms with Crippen LogP contribution in [0.3, 0.4) is 0 Å². The largest absolute Gasteiger partial charge is 0.345 e. The first kappa shape index (κ1) is 19.7. The number of nitrogens with zero attached hydrogens (tertiary/aromatic N) is 2. The highest BCUT2D eigenvalue weighted by Crippen LogP contribution is 2.28. The summed E-state index contributed by atoms with van der Waals surface area (Å²) in [5.41, 5.74) is 1.39. The molecule has 0 aliphatic carbocycles. The van der Waals surface area contributed by atoms with Gasteiger partial charge in [-0.15, -0.1) is 11.8 Å². The first-order chi connectivity index (χ1) is 12.9. The van der Waals surface area contributed by atoms with Crippen LogP contribution in [0.2, 0.25) is 10.0 Å².